The lowest BCUT2D eigenvalue weighted by atomic mass is 10.0. The molecule has 0 aliphatic rings. The van der Waals surface area contributed by atoms with E-state index in [1.807, 2.05) is 45.9 Å². The zero-order valence-electron chi connectivity index (χ0n) is 14.9. The third-order valence-electron chi connectivity index (χ3n) is 4.15. The fourth-order valence-corrected chi connectivity index (χ4v) is 2.71. The lowest BCUT2D eigenvalue weighted by molar-refractivity contribution is -0.118. The molecule has 0 aliphatic heterocycles. The molecule has 1 atom stereocenters. The van der Waals surface area contributed by atoms with E-state index in [0.717, 1.165) is 11.1 Å². The SMILES string of the molecule is Cc1ccccc1C(=O)NC(C(=O)Nc1cccc(Cl)c1C)C(C)C. The summed E-state index contributed by atoms with van der Waals surface area (Å²) in [5.41, 5.74) is 2.88. The van der Waals surface area contributed by atoms with E-state index in [1.165, 1.54) is 0 Å². The van der Waals surface area contributed by atoms with Crippen LogP contribution < -0.4 is 10.6 Å². The van der Waals surface area contributed by atoms with Gasteiger partial charge in [-0.15, -0.1) is 0 Å². The monoisotopic (exact) mass is 358 g/mol. The highest BCUT2D eigenvalue weighted by Crippen LogP contribution is 2.23. The molecule has 0 spiro atoms. The van der Waals surface area contributed by atoms with E-state index < -0.39 is 6.04 Å². The van der Waals surface area contributed by atoms with Crippen molar-refractivity contribution < 1.29 is 9.59 Å². The van der Waals surface area contributed by atoms with Crippen LogP contribution in [0.1, 0.15) is 35.3 Å². The number of anilines is 1. The predicted octanol–water partition coefficient (Wildman–Crippen LogP) is 4.35. The van der Waals surface area contributed by atoms with Gasteiger partial charge >= 0.3 is 0 Å². The Bertz CT molecular complexity index is 787. The molecule has 1 unspecified atom stereocenters. The number of aryl methyl sites for hydroxylation is 1. The highest BCUT2D eigenvalue weighted by molar-refractivity contribution is 6.31. The number of halogens is 1. The van der Waals surface area contributed by atoms with Crippen LogP contribution in [0.2, 0.25) is 5.02 Å². The molecular weight excluding hydrogens is 336 g/mol. The van der Waals surface area contributed by atoms with Gasteiger partial charge in [-0.1, -0.05) is 49.7 Å². The maximum absolute atomic E-state index is 12.7. The van der Waals surface area contributed by atoms with Gasteiger partial charge in [0.25, 0.3) is 5.91 Å². The summed E-state index contributed by atoms with van der Waals surface area (Å²) < 4.78 is 0. The second kappa shape index (κ2) is 8.17. The smallest absolute Gasteiger partial charge is 0.252 e. The minimum Gasteiger partial charge on any atom is -0.340 e. The number of hydrogen-bond donors (Lipinski definition) is 2. The highest BCUT2D eigenvalue weighted by Gasteiger charge is 2.25. The number of amides is 2. The number of benzene rings is 2. The molecular formula is C20H23ClN2O2. The summed E-state index contributed by atoms with van der Waals surface area (Å²) in [6, 6.07) is 12.0. The van der Waals surface area contributed by atoms with Crippen molar-refractivity contribution in [2.75, 3.05) is 5.32 Å². The van der Waals surface area contributed by atoms with Crippen molar-refractivity contribution in [3.63, 3.8) is 0 Å². The van der Waals surface area contributed by atoms with Crippen molar-refractivity contribution in [1.82, 2.24) is 5.32 Å². The van der Waals surface area contributed by atoms with Crippen LogP contribution in [0.3, 0.4) is 0 Å². The molecule has 0 bridgehead atoms. The van der Waals surface area contributed by atoms with Crippen molar-refractivity contribution in [2.24, 2.45) is 5.92 Å². The van der Waals surface area contributed by atoms with Crippen molar-refractivity contribution in [3.8, 4) is 0 Å². The molecule has 2 rings (SSSR count). The second-order valence-electron chi connectivity index (χ2n) is 6.41. The summed E-state index contributed by atoms with van der Waals surface area (Å²) in [5.74, 6) is -0.579. The average Bonchev–Trinajstić information content (AvgIpc) is 2.56. The van der Waals surface area contributed by atoms with Gasteiger partial charge in [-0.05, 0) is 49.1 Å². The standard InChI is InChI=1S/C20H23ClN2O2/c1-12(2)18(23-19(24)15-9-6-5-8-13(15)3)20(25)22-17-11-7-10-16(21)14(17)4/h5-12,18H,1-4H3,(H,22,25)(H,23,24). The number of rotatable bonds is 5. The van der Waals surface area contributed by atoms with Gasteiger partial charge in [0, 0.05) is 16.3 Å². The van der Waals surface area contributed by atoms with Gasteiger partial charge in [-0.2, -0.15) is 0 Å². The summed E-state index contributed by atoms with van der Waals surface area (Å²) in [5, 5.41) is 6.30. The van der Waals surface area contributed by atoms with Crippen LogP contribution in [0.4, 0.5) is 5.69 Å². The van der Waals surface area contributed by atoms with Crippen molar-refractivity contribution in [1.29, 1.82) is 0 Å². The number of hydrogen-bond acceptors (Lipinski definition) is 2. The number of carbonyl (C=O) groups excluding carboxylic acids is 2. The molecule has 132 valence electrons. The van der Waals surface area contributed by atoms with E-state index >= 15 is 0 Å². The Balaban J connectivity index is 2.17. The number of nitrogens with one attached hydrogen (secondary N) is 2. The molecule has 0 saturated heterocycles. The van der Waals surface area contributed by atoms with Gasteiger partial charge in [-0.3, -0.25) is 9.59 Å². The van der Waals surface area contributed by atoms with Crippen LogP contribution >= 0.6 is 11.6 Å². The Morgan fingerprint density at radius 2 is 1.68 bits per heavy atom. The lowest BCUT2D eigenvalue weighted by Gasteiger charge is -2.23. The Morgan fingerprint density at radius 3 is 2.32 bits per heavy atom. The van der Waals surface area contributed by atoms with Crippen LogP contribution in [-0.4, -0.2) is 17.9 Å². The second-order valence-corrected chi connectivity index (χ2v) is 6.82. The van der Waals surface area contributed by atoms with Crippen molar-refractivity contribution in [3.05, 3.63) is 64.2 Å². The molecule has 0 aromatic heterocycles. The first kappa shape index (κ1) is 19.0. The third-order valence-corrected chi connectivity index (χ3v) is 4.56. The summed E-state index contributed by atoms with van der Waals surface area (Å²) in [6.45, 7) is 7.50. The normalized spacial score (nSPS) is 11.9. The lowest BCUT2D eigenvalue weighted by Crippen LogP contribution is -2.47. The Kier molecular flexibility index (Phi) is 6.21. The van der Waals surface area contributed by atoms with Gasteiger partial charge in [0.15, 0.2) is 0 Å². The highest BCUT2D eigenvalue weighted by atomic mass is 35.5. The third kappa shape index (κ3) is 4.60. The van der Waals surface area contributed by atoms with E-state index in [9.17, 15) is 9.59 Å². The predicted molar refractivity (Wildman–Crippen MR) is 102 cm³/mol. The molecule has 0 fully saturated rings. The first-order valence-electron chi connectivity index (χ1n) is 8.23. The van der Waals surface area contributed by atoms with Crippen molar-refractivity contribution >= 4 is 29.1 Å². The summed E-state index contributed by atoms with van der Waals surface area (Å²) in [4.78, 5) is 25.2. The summed E-state index contributed by atoms with van der Waals surface area (Å²) in [7, 11) is 0. The quantitative estimate of drug-likeness (QED) is 0.834. The zero-order chi connectivity index (χ0) is 18.6. The summed E-state index contributed by atoms with van der Waals surface area (Å²) in [6.07, 6.45) is 0. The Labute approximate surface area is 153 Å². The minimum absolute atomic E-state index is 0.0625. The molecule has 4 nitrogen and oxygen atoms in total. The van der Waals surface area contributed by atoms with Crippen molar-refractivity contribution in [2.45, 2.75) is 33.7 Å². The maximum Gasteiger partial charge on any atom is 0.252 e. The van der Waals surface area contributed by atoms with Crippen LogP contribution in [0, 0.1) is 19.8 Å². The molecule has 0 radical (unpaired) electrons. The molecule has 2 amide bonds. The Hall–Kier alpha value is -2.33. The van der Waals surface area contributed by atoms with Crippen LogP contribution in [0.25, 0.3) is 0 Å². The van der Waals surface area contributed by atoms with Crippen LogP contribution in [0.15, 0.2) is 42.5 Å². The van der Waals surface area contributed by atoms with Crippen LogP contribution in [-0.2, 0) is 4.79 Å². The topological polar surface area (TPSA) is 58.2 Å². The molecule has 25 heavy (non-hydrogen) atoms. The Morgan fingerprint density at radius 1 is 1.00 bits per heavy atom. The fourth-order valence-electron chi connectivity index (χ4n) is 2.53. The molecule has 2 N–H and O–H groups in total. The first-order chi connectivity index (χ1) is 11.8. The minimum atomic E-state index is -0.648. The molecule has 0 saturated carbocycles. The number of carbonyl (C=O) groups is 2. The van der Waals surface area contributed by atoms with E-state index in [0.29, 0.717) is 16.3 Å². The molecule has 0 aliphatic carbocycles. The van der Waals surface area contributed by atoms with Gasteiger partial charge in [0.2, 0.25) is 5.91 Å². The molecule has 2 aromatic carbocycles. The van der Waals surface area contributed by atoms with Gasteiger partial charge in [0.05, 0.1) is 0 Å². The largest absolute Gasteiger partial charge is 0.340 e. The van der Waals surface area contributed by atoms with E-state index in [-0.39, 0.29) is 17.7 Å². The van der Waals surface area contributed by atoms with Gasteiger partial charge in [0.1, 0.15) is 6.04 Å². The fraction of sp³-hybridized carbons (Fsp3) is 0.300. The average molecular weight is 359 g/mol. The molecule has 5 heteroatoms. The van der Waals surface area contributed by atoms with E-state index in [2.05, 4.69) is 10.6 Å². The summed E-state index contributed by atoms with van der Waals surface area (Å²) >= 11 is 6.10. The van der Waals surface area contributed by atoms with Gasteiger partial charge in [-0.25, -0.2) is 0 Å². The van der Waals surface area contributed by atoms with E-state index in [1.54, 1.807) is 24.3 Å². The molecule has 2 aromatic rings. The van der Waals surface area contributed by atoms with Gasteiger partial charge < -0.3 is 10.6 Å². The van der Waals surface area contributed by atoms with Crippen LogP contribution in [0.5, 0.6) is 0 Å². The molecule has 0 heterocycles. The maximum atomic E-state index is 12.7. The first-order valence-corrected chi connectivity index (χ1v) is 8.61. The zero-order valence-corrected chi connectivity index (χ0v) is 15.6. The van der Waals surface area contributed by atoms with E-state index in [4.69, 9.17) is 11.6 Å².